The van der Waals surface area contributed by atoms with Gasteiger partial charge in [0.25, 0.3) is 0 Å². The Labute approximate surface area is 133 Å². The minimum atomic E-state index is -0.717. The maximum atomic E-state index is 13.3. The lowest BCUT2D eigenvalue weighted by Crippen LogP contribution is -2.82. The van der Waals surface area contributed by atoms with Gasteiger partial charge in [-0.15, -0.1) is 0 Å². The van der Waals surface area contributed by atoms with Crippen molar-refractivity contribution in [2.24, 2.45) is 28.9 Å². The Kier molecular flexibility index (Phi) is 3.36. The normalized spacial score (nSPS) is 46.6. The number of rotatable bonds is 1. The molecule has 5 unspecified atom stereocenters. The lowest BCUT2D eigenvalue weighted by Gasteiger charge is -2.65. The number of ether oxygens (including phenoxy) is 1. The number of hydrogen-bond donors (Lipinski definition) is 1. The summed E-state index contributed by atoms with van der Waals surface area (Å²) in [7, 11) is 0. The summed E-state index contributed by atoms with van der Waals surface area (Å²) in [5, 5.41) is 0. The van der Waals surface area contributed by atoms with Gasteiger partial charge in [0, 0.05) is 31.0 Å². The molecule has 4 aliphatic rings. The molecule has 2 saturated heterocycles. The molecule has 2 saturated carbocycles. The number of likely N-dealkylation sites (tertiary alicyclic amines) is 1. The number of hydrogen-bond acceptors (Lipinski definition) is 3. The molecular weight excluding hydrogens is 276 g/mol. The Morgan fingerprint density at radius 3 is 2.36 bits per heavy atom. The molecule has 4 nitrogen and oxygen atoms in total. The van der Waals surface area contributed by atoms with Crippen molar-refractivity contribution in [2.45, 2.75) is 64.0 Å². The van der Waals surface area contributed by atoms with Gasteiger partial charge in [-0.3, -0.25) is 4.79 Å². The van der Waals surface area contributed by atoms with Crippen LogP contribution in [0.2, 0.25) is 0 Å². The van der Waals surface area contributed by atoms with E-state index in [1.165, 1.54) is 25.7 Å². The van der Waals surface area contributed by atoms with Crippen LogP contribution in [0.3, 0.4) is 0 Å². The van der Waals surface area contributed by atoms with Gasteiger partial charge in [-0.05, 0) is 37.5 Å². The molecule has 0 aromatic heterocycles. The van der Waals surface area contributed by atoms with E-state index in [0.717, 1.165) is 44.4 Å². The molecule has 2 heterocycles. The van der Waals surface area contributed by atoms with E-state index in [4.69, 9.17) is 10.5 Å². The number of nitrogens with zero attached hydrogens (tertiary/aromatic N) is 1. The summed E-state index contributed by atoms with van der Waals surface area (Å²) < 4.78 is 5.94. The first-order valence-electron chi connectivity index (χ1n) is 9.16. The van der Waals surface area contributed by atoms with E-state index in [1.807, 2.05) is 0 Å². The summed E-state index contributed by atoms with van der Waals surface area (Å²) in [6, 6.07) is 0. The van der Waals surface area contributed by atoms with Crippen molar-refractivity contribution in [1.82, 2.24) is 4.90 Å². The second kappa shape index (κ2) is 4.94. The lowest BCUT2D eigenvalue weighted by molar-refractivity contribution is -0.229. The van der Waals surface area contributed by atoms with Crippen molar-refractivity contribution >= 4 is 5.91 Å². The highest BCUT2D eigenvalue weighted by molar-refractivity contribution is 5.89. The summed E-state index contributed by atoms with van der Waals surface area (Å²) in [5.41, 5.74) is 5.81. The van der Waals surface area contributed by atoms with Crippen LogP contribution in [0, 0.1) is 23.2 Å². The molecule has 1 amide bonds. The van der Waals surface area contributed by atoms with Gasteiger partial charge in [0.1, 0.15) is 5.54 Å². The molecule has 22 heavy (non-hydrogen) atoms. The fraction of sp³-hybridized carbons (Fsp3) is 0.944. The van der Waals surface area contributed by atoms with Crippen LogP contribution in [0.1, 0.15) is 52.4 Å². The second-order valence-corrected chi connectivity index (χ2v) is 8.65. The van der Waals surface area contributed by atoms with Gasteiger partial charge >= 0.3 is 0 Å². The predicted molar refractivity (Wildman–Crippen MR) is 85.2 cm³/mol. The molecule has 5 atom stereocenters. The Balaban J connectivity index is 1.54. The van der Waals surface area contributed by atoms with Crippen LogP contribution in [-0.2, 0) is 9.53 Å². The van der Waals surface area contributed by atoms with E-state index >= 15 is 0 Å². The SMILES string of the molecule is CC1(C)C2OCCCC2C1(N)C(=O)N1CC2CCCCC2C1. The molecule has 2 aliphatic heterocycles. The van der Waals surface area contributed by atoms with E-state index in [-0.39, 0.29) is 23.3 Å². The maximum Gasteiger partial charge on any atom is 0.243 e. The lowest BCUT2D eigenvalue weighted by atomic mass is 9.46. The Hall–Kier alpha value is -0.610. The zero-order valence-corrected chi connectivity index (χ0v) is 14.0. The highest BCUT2D eigenvalue weighted by Crippen LogP contribution is 2.58. The molecule has 124 valence electrons. The van der Waals surface area contributed by atoms with E-state index in [2.05, 4.69) is 18.7 Å². The summed E-state index contributed by atoms with van der Waals surface area (Å²) in [5.74, 6) is 1.87. The van der Waals surface area contributed by atoms with Gasteiger partial charge in [0.2, 0.25) is 5.91 Å². The first-order chi connectivity index (χ1) is 10.5. The molecule has 4 heteroatoms. The summed E-state index contributed by atoms with van der Waals surface area (Å²) >= 11 is 0. The second-order valence-electron chi connectivity index (χ2n) is 8.65. The van der Waals surface area contributed by atoms with Crippen LogP contribution in [0.4, 0.5) is 0 Å². The van der Waals surface area contributed by atoms with Crippen LogP contribution in [0.15, 0.2) is 0 Å². The van der Waals surface area contributed by atoms with Gasteiger partial charge in [-0.2, -0.15) is 0 Å². The number of fused-ring (bicyclic) bond motifs is 2. The molecule has 0 bridgehead atoms. The predicted octanol–water partition coefficient (Wildman–Crippen LogP) is 2.17. The third-order valence-corrected chi connectivity index (χ3v) is 7.30. The minimum Gasteiger partial charge on any atom is -0.377 e. The number of carbonyl (C=O) groups excluding carboxylic acids is 1. The summed E-state index contributed by atoms with van der Waals surface area (Å²) in [6.45, 7) is 6.96. The van der Waals surface area contributed by atoms with Gasteiger partial charge in [-0.1, -0.05) is 26.7 Å². The molecular formula is C18H30N2O2. The van der Waals surface area contributed by atoms with Crippen LogP contribution in [0.25, 0.3) is 0 Å². The molecule has 2 aliphatic carbocycles. The van der Waals surface area contributed by atoms with E-state index in [1.54, 1.807) is 0 Å². The highest BCUT2D eigenvalue weighted by atomic mass is 16.5. The fourth-order valence-electron chi connectivity index (χ4n) is 5.84. The molecule has 4 rings (SSSR count). The zero-order valence-electron chi connectivity index (χ0n) is 14.0. The van der Waals surface area contributed by atoms with Crippen molar-refractivity contribution in [3.8, 4) is 0 Å². The smallest absolute Gasteiger partial charge is 0.243 e. The van der Waals surface area contributed by atoms with Crippen LogP contribution in [0.5, 0.6) is 0 Å². The van der Waals surface area contributed by atoms with Crippen molar-refractivity contribution in [2.75, 3.05) is 19.7 Å². The maximum absolute atomic E-state index is 13.3. The van der Waals surface area contributed by atoms with Gasteiger partial charge < -0.3 is 15.4 Å². The Morgan fingerprint density at radius 1 is 1.09 bits per heavy atom. The van der Waals surface area contributed by atoms with Crippen molar-refractivity contribution in [1.29, 1.82) is 0 Å². The molecule has 0 spiro atoms. The molecule has 0 radical (unpaired) electrons. The topological polar surface area (TPSA) is 55.6 Å². The number of amides is 1. The first-order valence-corrected chi connectivity index (χ1v) is 9.16. The first kappa shape index (κ1) is 14.9. The highest BCUT2D eigenvalue weighted by Gasteiger charge is 2.71. The van der Waals surface area contributed by atoms with Gasteiger partial charge in [0.05, 0.1) is 6.10 Å². The van der Waals surface area contributed by atoms with Crippen molar-refractivity contribution in [3.05, 3.63) is 0 Å². The van der Waals surface area contributed by atoms with Crippen LogP contribution >= 0.6 is 0 Å². The molecule has 0 aromatic rings. The third kappa shape index (κ3) is 1.80. The van der Waals surface area contributed by atoms with E-state index in [0.29, 0.717) is 0 Å². The van der Waals surface area contributed by atoms with E-state index in [9.17, 15) is 4.79 Å². The third-order valence-electron chi connectivity index (χ3n) is 7.30. The zero-order chi connectivity index (χ0) is 15.5. The van der Waals surface area contributed by atoms with Crippen molar-refractivity contribution < 1.29 is 9.53 Å². The van der Waals surface area contributed by atoms with Crippen molar-refractivity contribution in [3.63, 3.8) is 0 Å². The van der Waals surface area contributed by atoms with E-state index < -0.39 is 5.54 Å². The molecule has 4 fully saturated rings. The average Bonchev–Trinajstić information content (AvgIpc) is 2.97. The fourth-order valence-corrected chi connectivity index (χ4v) is 5.84. The Bertz CT molecular complexity index is 464. The minimum absolute atomic E-state index is 0.167. The largest absolute Gasteiger partial charge is 0.377 e. The van der Waals surface area contributed by atoms with Gasteiger partial charge in [-0.25, -0.2) is 0 Å². The summed E-state index contributed by atoms with van der Waals surface area (Å²) in [6.07, 6.45) is 7.50. The summed E-state index contributed by atoms with van der Waals surface area (Å²) in [4.78, 5) is 15.4. The molecule has 2 N–H and O–H groups in total. The monoisotopic (exact) mass is 306 g/mol. The number of nitrogens with two attached hydrogens (primary N) is 1. The standard InChI is InChI=1S/C18H30N2O2/c1-17(2)15-14(8-5-9-22-15)18(17,19)16(21)20-10-12-6-3-4-7-13(12)11-20/h12-15H,3-11,19H2,1-2H3. The number of carbonyl (C=O) groups is 1. The van der Waals surface area contributed by atoms with Gasteiger partial charge in [0.15, 0.2) is 0 Å². The van der Waals surface area contributed by atoms with Crippen LogP contribution in [-0.4, -0.2) is 42.1 Å². The van der Waals surface area contributed by atoms with Crippen LogP contribution < -0.4 is 5.73 Å². The average molecular weight is 306 g/mol. The molecule has 0 aromatic carbocycles. The quantitative estimate of drug-likeness (QED) is 0.808. The Morgan fingerprint density at radius 2 is 1.73 bits per heavy atom.